The second-order valence-electron chi connectivity index (χ2n) is 4.85. The minimum absolute atomic E-state index is 0.147. The average Bonchev–Trinajstić information content (AvgIpc) is 2.48. The summed E-state index contributed by atoms with van der Waals surface area (Å²) in [5, 5.41) is -0.147. The standard InChI is InChI=1S/C16H13BrClIO/c17-14-5-4-12(19)9-13(14)16(18)11-3-6-15-10(8-11)2-1-7-20-15/h3-6,8-9,16H,1-2,7H2. The third kappa shape index (κ3) is 3.00. The Balaban J connectivity index is 1.97. The first-order chi connectivity index (χ1) is 9.65. The molecule has 0 amide bonds. The van der Waals surface area contributed by atoms with Gasteiger partial charge in [-0.2, -0.15) is 0 Å². The van der Waals surface area contributed by atoms with Gasteiger partial charge in [0.15, 0.2) is 0 Å². The molecule has 0 bridgehead atoms. The van der Waals surface area contributed by atoms with Crippen LogP contribution in [0.3, 0.4) is 0 Å². The highest BCUT2D eigenvalue weighted by atomic mass is 127. The monoisotopic (exact) mass is 462 g/mol. The number of fused-ring (bicyclic) bond motifs is 1. The molecule has 0 fully saturated rings. The molecule has 1 nitrogen and oxygen atoms in total. The van der Waals surface area contributed by atoms with Crippen molar-refractivity contribution < 1.29 is 4.74 Å². The van der Waals surface area contributed by atoms with Crippen molar-refractivity contribution in [2.24, 2.45) is 0 Å². The Morgan fingerprint density at radius 3 is 2.90 bits per heavy atom. The van der Waals surface area contributed by atoms with Crippen LogP contribution in [0, 0.1) is 3.57 Å². The molecule has 0 saturated carbocycles. The fourth-order valence-corrected chi connectivity index (χ4v) is 3.87. The number of benzene rings is 2. The number of hydrogen-bond donors (Lipinski definition) is 0. The fraction of sp³-hybridized carbons (Fsp3) is 0.250. The van der Waals surface area contributed by atoms with Crippen molar-refractivity contribution in [1.29, 1.82) is 0 Å². The van der Waals surface area contributed by atoms with Crippen molar-refractivity contribution in [2.45, 2.75) is 18.2 Å². The SMILES string of the molecule is ClC(c1ccc2c(c1)CCCO2)c1cc(I)ccc1Br. The molecule has 1 atom stereocenters. The van der Waals surface area contributed by atoms with Gasteiger partial charge in [-0.25, -0.2) is 0 Å². The van der Waals surface area contributed by atoms with Crippen molar-refractivity contribution in [3.8, 4) is 5.75 Å². The Morgan fingerprint density at radius 1 is 1.20 bits per heavy atom. The lowest BCUT2D eigenvalue weighted by molar-refractivity contribution is 0.288. The molecule has 0 aliphatic carbocycles. The number of hydrogen-bond acceptors (Lipinski definition) is 1. The second kappa shape index (κ2) is 6.24. The molecule has 3 rings (SSSR count). The van der Waals surface area contributed by atoms with Crippen molar-refractivity contribution in [3.63, 3.8) is 0 Å². The summed E-state index contributed by atoms with van der Waals surface area (Å²) in [6, 6.07) is 12.5. The van der Waals surface area contributed by atoms with Gasteiger partial charge < -0.3 is 4.74 Å². The number of halogens is 3. The summed E-state index contributed by atoms with van der Waals surface area (Å²) in [6.45, 7) is 0.819. The Labute approximate surface area is 145 Å². The predicted molar refractivity (Wildman–Crippen MR) is 94.8 cm³/mol. The van der Waals surface area contributed by atoms with E-state index < -0.39 is 0 Å². The van der Waals surface area contributed by atoms with Gasteiger partial charge >= 0.3 is 0 Å². The lowest BCUT2D eigenvalue weighted by Gasteiger charge is -2.20. The van der Waals surface area contributed by atoms with Crippen LogP contribution in [0.5, 0.6) is 5.75 Å². The van der Waals surface area contributed by atoms with Gasteiger partial charge in [-0.15, -0.1) is 11.6 Å². The molecule has 1 aliphatic rings. The van der Waals surface area contributed by atoms with Crippen LogP contribution in [0.1, 0.15) is 28.5 Å². The fourth-order valence-electron chi connectivity index (χ4n) is 2.43. The quantitative estimate of drug-likeness (QED) is 0.410. The van der Waals surface area contributed by atoms with Gasteiger partial charge in [0.2, 0.25) is 0 Å². The smallest absolute Gasteiger partial charge is 0.122 e. The van der Waals surface area contributed by atoms with Gasteiger partial charge in [-0.1, -0.05) is 28.1 Å². The molecule has 2 aromatic rings. The van der Waals surface area contributed by atoms with Crippen LogP contribution in [0.2, 0.25) is 0 Å². The van der Waals surface area contributed by atoms with Gasteiger partial charge in [0.05, 0.1) is 12.0 Å². The van der Waals surface area contributed by atoms with E-state index in [1.807, 2.05) is 12.1 Å². The van der Waals surface area contributed by atoms with E-state index in [0.717, 1.165) is 40.8 Å². The van der Waals surface area contributed by atoms with Crippen molar-refractivity contribution in [1.82, 2.24) is 0 Å². The van der Waals surface area contributed by atoms with E-state index in [4.69, 9.17) is 16.3 Å². The lowest BCUT2D eigenvalue weighted by Crippen LogP contribution is -2.09. The maximum atomic E-state index is 6.68. The average molecular weight is 464 g/mol. The zero-order valence-corrected chi connectivity index (χ0v) is 15.2. The second-order valence-corrected chi connectivity index (χ2v) is 7.38. The lowest BCUT2D eigenvalue weighted by atomic mass is 9.99. The Hall–Kier alpha value is -0.260. The molecule has 0 radical (unpaired) electrons. The number of alkyl halides is 1. The van der Waals surface area contributed by atoms with E-state index >= 15 is 0 Å². The van der Waals surface area contributed by atoms with Gasteiger partial charge in [0, 0.05) is 8.04 Å². The summed E-state index contributed by atoms with van der Waals surface area (Å²) < 4.78 is 7.89. The van der Waals surface area contributed by atoms with Crippen LogP contribution in [-0.4, -0.2) is 6.61 Å². The highest BCUT2D eigenvalue weighted by Crippen LogP contribution is 2.37. The van der Waals surface area contributed by atoms with Crippen molar-refractivity contribution >= 4 is 50.1 Å². The molecule has 0 saturated heterocycles. The van der Waals surface area contributed by atoms with Gasteiger partial charge in [-0.3, -0.25) is 0 Å². The van der Waals surface area contributed by atoms with Crippen molar-refractivity contribution in [3.05, 3.63) is 61.1 Å². The molecule has 1 heterocycles. The molecular formula is C16H13BrClIO. The van der Waals surface area contributed by atoms with Gasteiger partial charge in [-0.05, 0) is 76.4 Å². The summed E-state index contributed by atoms with van der Waals surface area (Å²) in [5.41, 5.74) is 3.50. The van der Waals surface area contributed by atoms with Crippen LogP contribution >= 0.6 is 50.1 Å². The minimum Gasteiger partial charge on any atom is -0.493 e. The van der Waals surface area contributed by atoms with E-state index in [2.05, 4.69) is 62.8 Å². The number of ether oxygens (including phenoxy) is 1. The van der Waals surface area contributed by atoms with E-state index in [-0.39, 0.29) is 5.38 Å². The van der Waals surface area contributed by atoms with E-state index in [1.165, 1.54) is 9.13 Å². The molecule has 1 unspecified atom stereocenters. The van der Waals surface area contributed by atoms with Crippen LogP contribution < -0.4 is 4.74 Å². The van der Waals surface area contributed by atoms with Gasteiger partial charge in [0.1, 0.15) is 5.75 Å². The molecule has 0 spiro atoms. The molecule has 0 aromatic heterocycles. The van der Waals surface area contributed by atoms with Crippen LogP contribution in [-0.2, 0) is 6.42 Å². The van der Waals surface area contributed by atoms with Gasteiger partial charge in [0.25, 0.3) is 0 Å². The maximum Gasteiger partial charge on any atom is 0.122 e. The zero-order chi connectivity index (χ0) is 14.1. The topological polar surface area (TPSA) is 9.23 Å². The molecule has 20 heavy (non-hydrogen) atoms. The molecular weight excluding hydrogens is 450 g/mol. The summed E-state index contributed by atoms with van der Waals surface area (Å²) in [6.07, 6.45) is 2.15. The predicted octanol–water partition coefficient (Wildman–Crippen LogP) is 5.71. The molecule has 0 N–H and O–H groups in total. The van der Waals surface area contributed by atoms with Crippen LogP contribution in [0.15, 0.2) is 40.9 Å². The van der Waals surface area contributed by atoms with Crippen LogP contribution in [0.25, 0.3) is 0 Å². The third-order valence-corrected chi connectivity index (χ3v) is 5.34. The molecule has 2 aromatic carbocycles. The first kappa shape index (κ1) is 14.7. The maximum absolute atomic E-state index is 6.68. The van der Waals surface area contributed by atoms with Crippen LogP contribution in [0.4, 0.5) is 0 Å². The number of aryl methyl sites for hydroxylation is 1. The first-order valence-electron chi connectivity index (χ1n) is 6.50. The Kier molecular flexibility index (Phi) is 4.58. The zero-order valence-electron chi connectivity index (χ0n) is 10.7. The molecule has 4 heteroatoms. The van der Waals surface area contributed by atoms with E-state index in [9.17, 15) is 0 Å². The Morgan fingerprint density at radius 2 is 2.05 bits per heavy atom. The highest BCUT2D eigenvalue weighted by Gasteiger charge is 2.17. The third-order valence-electron chi connectivity index (χ3n) is 3.46. The summed E-state index contributed by atoms with van der Waals surface area (Å²) in [5.74, 6) is 1.01. The minimum atomic E-state index is -0.147. The summed E-state index contributed by atoms with van der Waals surface area (Å²) in [7, 11) is 0. The number of rotatable bonds is 2. The highest BCUT2D eigenvalue weighted by molar-refractivity contribution is 14.1. The van der Waals surface area contributed by atoms with Crippen molar-refractivity contribution in [2.75, 3.05) is 6.61 Å². The first-order valence-corrected chi connectivity index (χ1v) is 8.80. The van der Waals surface area contributed by atoms with E-state index in [1.54, 1.807) is 0 Å². The summed E-state index contributed by atoms with van der Waals surface area (Å²) in [4.78, 5) is 0. The normalized spacial score (nSPS) is 15.3. The largest absolute Gasteiger partial charge is 0.493 e. The summed E-state index contributed by atoms with van der Waals surface area (Å²) >= 11 is 12.6. The van der Waals surface area contributed by atoms with E-state index in [0.29, 0.717) is 0 Å². The molecule has 104 valence electrons. The molecule has 1 aliphatic heterocycles. The Bertz CT molecular complexity index is 644.